The van der Waals surface area contributed by atoms with Crippen LogP contribution in [-0.2, 0) is 14.4 Å². The highest BCUT2D eigenvalue weighted by atomic mass is 32.2. The number of allylic oxidation sites excluding steroid dienone is 5. The average Bonchev–Trinajstić information content (AvgIpc) is 3.33. The van der Waals surface area contributed by atoms with E-state index < -0.39 is 32.1 Å². The standard InChI is InChI=1S/C34H39N3O6SSi/c1-35(2)22-10-12-26-28(20-22)45(5,19-18-44-17-16-32(40)43-37-30(38)14-15-31(37)39)29-21-23(36(3)4)11-13-27(29)33(26)24-8-6-7-9-25(24)34(41)42/h6-13,20-21,32,40H,14-19H2,1-5H3/p+1. The predicted octanol–water partition coefficient (Wildman–Crippen LogP) is 3.82. The monoisotopic (exact) mass is 646 g/mol. The summed E-state index contributed by atoms with van der Waals surface area (Å²) in [5.41, 5.74) is 6.24. The molecule has 3 aliphatic rings. The number of rotatable bonds is 11. The van der Waals surface area contributed by atoms with Crippen LogP contribution < -0.4 is 10.1 Å². The van der Waals surface area contributed by atoms with Crippen molar-refractivity contribution in [2.75, 3.05) is 44.6 Å². The van der Waals surface area contributed by atoms with Gasteiger partial charge in [-0.05, 0) is 74.5 Å². The first-order valence-corrected chi connectivity index (χ1v) is 18.9. The zero-order valence-corrected chi connectivity index (χ0v) is 28.2. The number of carboxylic acid groups (broad SMARTS) is 1. The van der Waals surface area contributed by atoms with Crippen molar-refractivity contribution < 1.29 is 34.0 Å². The van der Waals surface area contributed by atoms with Gasteiger partial charge < -0.3 is 15.1 Å². The number of hydrogen-bond donors (Lipinski definition) is 2. The minimum absolute atomic E-state index is 0.110. The van der Waals surface area contributed by atoms with Crippen LogP contribution >= 0.6 is 11.8 Å². The van der Waals surface area contributed by atoms with Crippen LogP contribution in [0.3, 0.4) is 0 Å². The topological polar surface area (TPSA) is 110 Å². The van der Waals surface area contributed by atoms with Crippen molar-refractivity contribution in [3.63, 3.8) is 0 Å². The molecule has 1 saturated heterocycles. The molecule has 2 unspecified atom stereocenters. The molecule has 236 valence electrons. The van der Waals surface area contributed by atoms with Gasteiger partial charge in [0, 0.05) is 51.2 Å². The molecule has 0 spiro atoms. The van der Waals surface area contributed by atoms with Crippen molar-refractivity contribution in [2.45, 2.75) is 38.1 Å². The maximum Gasteiger partial charge on any atom is 0.336 e. The van der Waals surface area contributed by atoms with E-state index in [4.69, 9.17) is 4.84 Å². The van der Waals surface area contributed by atoms with Crippen molar-refractivity contribution in [3.8, 4) is 0 Å². The molecule has 2 aromatic rings. The van der Waals surface area contributed by atoms with E-state index >= 15 is 0 Å². The van der Waals surface area contributed by atoms with E-state index in [2.05, 4.69) is 52.4 Å². The number of hydrogen-bond acceptors (Lipinski definition) is 7. The Hall–Kier alpha value is -3.77. The molecule has 1 fully saturated rings. The smallest absolute Gasteiger partial charge is 0.336 e. The minimum atomic E-state index is -2.41. The Morgan fingerprint density at radius 1 is 1.07 bits per heavy atom. The lowest BCUT2D eigenvalue weighted by Gasteiger charge is -2.40. The summed E-state index contributed by atoms with van der Waals surface area (Å²) in [5, 5.41) is 23.7. The summed E-state index contributed by atoms with van der Waals surface area (Å²) < 4.78 is 2.09. The first-order valence-electron chi connectivity index (χ1n) is 15.0. The third-order valence-electron chi connectivity index (χ3n) is 8.68. The van der Waals surface area contributed by atoms with E-state index in [-0.39, 0.29) is 24.8 Å². The number of carbonyl (C=O) groups is 3. The summed E-state index contributed by atoms with van der Waals surface area (Å²) in [5.74, 6) is -0.369. The van der Waals surface area contributed by atoms with Crippen LogP contribution in [-0.4, -0.2) is 97.4 Å². The van der Waals surface area contributed by atoms with Crippen LogP contribution in [0.25, 0.3) is 5.57 Å². The summed E-state index contributed by atoms with van der Waals surface area (Å²) >= 11 is 1.71. The number of aliphatic hydroxyl groups is 1. The van der Waals surface area contributed by atoms with Gasteiger partial charge in [-0.3, -0.25) is 9.59 Å². The molecule has 5 rings (SSSR count). The second-order valence-corrected chi connectivity index (χ2v) is 17.6. The molecule has 2 aromatic carbocycles. The van der Waals surface area contributed by atoms with Crippen molar-refractivity contribution >= 4 is 59.8 Å². The van der Waals surface area contributed by atoms with E-state index in [0.29, 0.717) is 16.4 Å². The number of anilines is 1. The van der Waals surface area contributed by atoms with Gasteiger partial charge in [0.15, 0.2) is 12.0 Å². The molecule has 0 saturated carbocycles. The van der Waals surface area contributed by atoms with Crippen molar-refractivity contribution in [2.24, 2.45) is 0 Å². The molecule has 2 N–H and O–H groups in total. The summed E-state index contributed by atoms with van der Waals surface area (Å²) in [4.78, 5) is 43.4. The summed E-state index contributed by atoms with van der Waals surface area (Å²) in [6.07, 6.45) is 5.80. The SMILES string of the molecule is CN(C)c1ccc2c(c1)[Si](C)(CCSCCC(O)ON1C(=O)CCC1=O)C1=CC(=[N+](C)C)C=CC1=C2c1ccccc1C(=O)O. The molecular weight excluding hydrogens is 607 g/mol. The third kappa shape index (κ3) is 6.48. The Kier molecular flexibility index (Phi) is 9.64. The van der Waals surface area contributed by atoms with Crippen LogP contribution in [0.5, 0.6) is 0 Å². The maximum atomic E-state index is 12.4. The number of benzene rings is 2. The van der Waals surface area contributed by atoms with Crippen LogP contribution in [0.2, 0.25) is 12.6 Å². The molecule has 2 aliphatic heterocycles. The van der Waals surface area contributed by atoms with Crippen LogP contribution in [0.4, 0.5) is 5.69 Å². The lowest BCUT2D eigenvalue weighted by molar-refractivity contribution is -0.462. The summed E-state index contributed by atoms with van der Waals surface area (Å²) in [6, 6.07) is 14.7. The highest BCUT2D eigenvalue weighted by molar-refractivity contribution is 7.99. The van der Waals surface area contributed by atoms with E-state index in [1.54, 1.807) is 23.9 Å². The molecule has 45 heavy (non-hydrogen) atoms. The van der Waals surface area contributed by atoms with Gasteiger partial charge in [0.05, 0.1) is 5.56 Å². The van der Waals surface area contributed by atoms with E-state index in [9.17, 15) is 24.6 Å². The molecule has 9 nitrogen and oxygen atoms in total. The van der Waals surface area contributed by atoms with Gasteiger partial charge in [-0.1, -0.05) is 30.8 Å². The van der Waals surface area contributed by atoms with Crippen molar-refractivity contribution in [1.82, 2.24) is 5.06 Å². The van der Waals surface area contributed by atoms with Gasteiger partial charge in [0.1, 0.15) is 22.2 Å². The molecule has 0 radical (unpaired) electrons. The number of carboxylic acids is 1. The van der Waals surface area contributed by atoms with Gasteiger partial charge in [-0.25, -0.2) is 14.2 Å². The summed E-state index contributed by atoms with van der Waals surface area (Å²) in [6.45, 7) is 2.40. The lowest BCUT2D eigenvalue weighted by atomic mass is 9.87. The Labute approximate surface area is 269 Å². The molecular formula is C34H40N3O6SSi+. The van der Waals surface area contributed by atoms with Crippen LogP contribution in [0.1, 0.15) is 40.7 Å². The second kappa shape index (κ2) is 13.3. The molecule has 11 heteroatoms. The van der Waals surface area contributed by atoms with Crippen LogP contribution in [0, 0.1) is 0 Å². The number of imide groups is 1. The van der Waals surface area contributed by atoms with Crippen LogP contribution in [0.15, 0.2) is 71.5 Å². The molecule has 0 bridgehead atoms. The van der Waals surface area contributed by atoms with Gasteiger partial charge >= 0.3 is 5.97 Å². The highest BCUT2D eigenvalue weighted by Gasteiger charge is 2.44. The fourth-order valence-electron chi connectivity index (χ4n) is 6.12. The number of aromatic carboxylic acids is 1. The number of fused-ring (bicyclic) bond motifs is 2. The normalized spacial score (nSPS) is 19.8. The van der Waals surface area contributed by atoms with E-state index in [1.165, 1.54) is 10.4 Å². The van der Waals surface area contributed by atoms with Gasteiger partial charge in [-0.2, -0.15) is 16.8 Å². The fraction of sp³-hybridized carbons (Fsp3) is 0.353. The fourth-order valence-corrected chi connectivity index (χ4v) is 12.3. The third-order valence-corrected chi connectivity index (χ3v) is 14.5. The Balaban J connectivity index is 1.50. The average molecular weight is 647 g/mol. The first-order chi connectivity index (χ1) is 21.4. The molecule has 2 amide bonds. The molecule has 2 heterocycles. The molecule has 0 aromatic heterocycles. The van der Waals surface area contributed by atoms with Crippen molar-refractivity contribution in [3.05, 3.63) is 88.2 Å². The molecule has 1 aliphatic carbocycles. The number of thioether (sulfide) groups is 1. The maximum absolute atomic E-state index is 12.4. The minimum Gasteiger partial charge on any atom is -0.478 e. The highest BCUT2D eigenvalue weighted by Crippen LogP contribution is 2.44. The number of amides is 2. The van der Waals surface area contributed by atoms with Gasteiger partial charge in [0.2, 0.25) is 0 Å². The Morgan fingerprint density at radius 2 is 1.78 bits per heavy atom. The zero-order valence-electron chi connectivity index (χ0n) is 26.4. The zero-order chi connectivity index (χ0) is 32.5. The van der Waals surface area contributed by atoms with E-state index in [0.717, 1.165) is 39.9 Å². The largest absolute Gasteiger partial charge is 0.478 e. The quantitative estimate of drug-likeness (QED) is 0.125. The Morgan fingerprint density at radius 3 is 2.44 bits per heavy atom. The summed E-state index contributed by atoms with van der Waals surface area (Å²) in [7, 11) is 5.69. The van der Waals surface area contributed by atoms with Gasteiger partial charge in [-0.15, -0.1) is 0 Å². The number of aliphatic hydroxyl groups excluding tert-OH is 1. The van der Waals surface area contributed by atoms with Gasteiger partial charge in [0.25, 0.3) is 11.8 Å². The van der Waals surface area contributed by atoms with Crippen molar-refractivity contribution in [1.29, 1.82) is 0 Å². The number of carbonyl (C=O) groups excluding carboxylic acids is 2. The second-order valence-electron chi connectivity index (χ2n) is 12.1. The number of nitrogens with zero attached hydrogens (tertiary/aromatic N) is 3. The Bertz CT molecular complexity index is 1660. The predicted molar refractivity (Wildman–Crippen MR) is 181 cm³/mol. The molecule has 2 atom stereocenters. The lowest BCUT2D eigenvalue weighted by Crippen LogP contribution is -2.52. The van der Waals surface area contributed by atoms with E-state index in [1.807, 2.05) is 40.3 Å². The first kappa shape index (κ1) is 32.6. The number of hydroxylamine groups is 2.